The highest BCUT2D eigenvalue weighted by molar-refractivity contribution is 6.39. The van der Waals surface area contributed by atoms with Gasteiger partial charge in [-0.2, -0.15) is 0 Å². The number of carboxylic acid groups (broad SMARTS) is 1. The molecule has 10 nitrogen and oxygen atoms in total. The molecule has 1 aliphatic rings. The Hall–Kier alpha value is -3.87. The SMILES string of the molecule is COc1nc(-c2ccnc(-c3cccc(Nc4nccc(CN5CCC(C(=O)O)CC5)c4F)c3Cl)c2Cl)ccc1CNCCO. The summed E-state index contributed by atoms with van der Waals surface area (Å²) >= 11 is 13.7. The third-order valence-electron chi connectivity index (χ3n) is 7.71. The Morgan fingerprint density at radius 2 is 1.82 bits per heavy atom. The van der Waals surface area contributed by atoms with E-state index in [-0.39, 0.29) is 23.4 Å². The molecule has 4 heterocycles. The molecule has 0 unspecified atom stereocenters. The number of anilines is 2. The quantitative estimate of drug-likeness (QED) is 0.139. The summed E-state index contributed by atoms with van der Waals surface area (Å²) in [6.07, 6.45) is 4.21. The molecule has 1 saturated heterocycles. The van der Waals surface area contributed by atoms with Crippen molar-refractivity contribution in [2.75, 3.05) is 38.7 Å². The number of piperidine rings is 1. The van der Waals surface area contributed by atoms with Crippen LogP contribution in [0.1, 0.15) is 24.0 Å². The van der Waals surface area contributed by atoms with Crippen LogP contribution in [0.15, 0.2) is 54.9 Å². The molecule has 1 aromatic carbocycles. The zero-order valence-corrected chi connectivity index (χ0v) is 26.1. The number of nitrogens with one attached hydrogen (secondary N) is 2. The van der Waals surface area contributed by atoms with Gasteiger partial charge in [-0.05, 0) is 50.2 Å². The number of rotatable bonds is 12. The predicted octanol–water partition coefficient (Wildman–Crippen LogP) is 5.78. The highest BCUT2D eigenvalue weighted by Gasteiger charge is 2.25. The van der Waals surface area contributed by atoms with Crippen molar-refractivity contribution in [1.29, 1.82) is 0 Å². The van der Waals surface area contributed by atoms with E-state index in [4.69, 9.17) is 33.0 Å². The average Bonchev–Trinajstić information content (AvgIpc) is 3.04. The Morgan fingerprint density at radius 1 is 1.04 bits per heavy atom. The second-order valence-electron chi connectivity index (χ2n) is 10.6. The highest BCUT2D eigenvalue weighted by Crippen LogP contribution is 2.41. The molecule has 0 saturated carbocycles. The van der Waals surface area contributed by atoms with Gasteiger partial charge in [0.1, 0.15) is 0 Å². The minimum absolute atomic E-state index is 0.0182. The van der Waals surface area contributed by atoms with Gasteiger partial charge in [-0.3, -0.25) is 14.7 Å². The molecule has 0 amide bonds. The van der Waals surface area contributed by atoms with E-state index >= 15 is 4.39 Å². The lowest BCUT2D eigenvalue weighted by molar-refractivity contribution is -0.143. The molecular formula is C32H33Cl2FN6O4. The maximum atomic E-state index is 15.6. The minimum Gasteiger partial charge on any atom is -0.481 e. The average molecular weight is 656 g/mol. The summed E-state index contributed by atoms with van der Waals surface area (Å²) in [4.78, 5) is 26.7. The fourth-order valence-electron chi connectivity index (χ4n) is 5.27. The first-order chi connectivity index (χ1) is 21.8. The smallest absolute Gasteiger partial charge is 0.306 e. The number of aliphatic hydroxyl groups is 1. The maximum Gasteiger partial charge on any atom is 0.306 e. The third kappa shape index (κ3) is 7.51. The number of hydrogen-bond donors (Lipinski definition) is 4. The normalized spacial score (nSPS) is 14.0. The molecule has 3 aromatic heterocycles. The number of aliphatic carboxylic acids is 1. The van der Waals surface area contributed by atoms with Crippen molar-refractivity contribution in [3.05, 3.63) is 81.8 Å². The van der Waals surface area contributed by atoms with Gasteiger partial charge in [0.05, 0.1) is 46.8 Å². The molecule has 5 rings (SSSR count). The van der Waals surface area contributed by atoms with Gasteiger partial charge in [-0.25, -0.2) is 14.4 Å². The number of hydrogen-bond acceptors (Lipinski definition) is 9. The van der Waals surface area contributed by atoms with Crippen molar-refractivity contribution < 1.29 is 24.1 Å². The lowest BCUT2D eigenvalue weighted by Crippen LogP contribution is -2.36. The van der Waals surface area contributed by atoms with E-state index in [2.05, 4.69) is 25.6 Å². The van der Waals surface area contributed by atoms with Gasteiger partial charge in [0.25, 0.3) is 0 Å². The van der Waals surface area contributed by atoms with Gasteiger partial charge in [0.15, 0.2) is 11.6 Å². The largest absolute Gasteiger partial charge is 0.481 e. The molecule has 45 heavy (non-hydrogen) atoms. The van der Waals surface area contributed by atoms with Crippen LogP contribution in [0, 0.1) is 11.7 Å². The van der Waals surface area contributed by atoms with Crippen LogP contribution in [0.25, 0.3) is 22.5 Å². The Labute approximate surface area is 270 Å². The number of methoxy groups -OCH3 is 1. The number of ether oxygens (including phenoxy) is 1. The molecule has 1 fully saturated rings. The molecule has 4 N–H and O–H groups in total. The summed E-state index contributed by atoms with van der Waals surface area (Å²) < 4.78 is 21.1. The summed E-state index contributed by atoms with van der Waals surface area (Å²) in [5, 5.41) is 25.0. The van der Waals surface area contributed by atoms with E-state index in [1.807, 2.05) is 17.0 Å². The van der Waals surface area contributed by atoms with Crippen LogP contribution in [0.2, 0.25) is 10.0 Å². The molecular weight excluding hydrogens is 622 g/mol. The van der Waals surface area contributed by atoms with Gasteiger partial charge in [-0.15, -0.1) is 0 Å². The van der Waals surface area contributed by atoms with E-state index < -0.39 is 11.8 Å². The third-order valence-corrected chi connectivity index (χ3v) is 8.50. The number of aromatic nitrogens is 3. The van der Waals surface area contributed by atoms with Crippen LogP contribution in [0.3, 0.4) is 0 Å². The summed E-state index contributed by atoms with van der Waals surface area (Å²) in [7, 11) is 1.54. The van der Waals surface area contributed by atoms with Gasteiger partial charge < -0.3 is 25.6 Å². The van der Waals surface area contributed by atoms with Crippen molar-refractivity contribution in [2.45, 2.75) is 25.9 Å². The van der Waals surface area contributed by atoms with E-state index in [0.29, 0.717) is 90.2 Å². The molecule has 236 valence electrons. The Balaban J connectivity index is 1.38. The lowest BCUT2D eigenvalue weighted by atomic mass is 9.97. The Bertz CT molecular complexity index is 1670. The first-order valence-corrected chi connectivity index (χ1v) is 15.2. The van der Waals surface area contributed by atoms with Gasteiger partial charge in [0.2, 0.25) is 5.88 Å². The second-order valence-corrected chi connectivity index (χ2v) is 11.4. The summed E-state index contributed by atoms with van der Waals surface area (Å²) in [6.45, 7) is 2.45. The first-order valence-electron chi connectivity index (χ1n) is 14.5. The Kier molecular flexibility index (Phi) is 10.8. The predicted molar refractivity (Wildman–Crippen MR) is 171 cm³/mol. The van der Waals surface area contributed by atoms with Crippen LogP contribution in [-0.2, 0) is 17.9 Å². The molecule has 1 aliphatic heterocycles. The number of halogens is 3. The van der Waals surface area contributed by atoms with Crippen LogP contribution >= 0.6 is 23.2 Å². The van der Waals surface area contributed by atoms with Gasteiger partial charge in [-0.1, -0.05) is 41.4 Å². The van der Waals surface area contributed by atoms with Crippen molar-refractivity contribution in [2.24, 2.45) is 5.92 Å². The van der Waals surface area contributed by atoms with E-state index in [1.54, 1.807) is 36.5 Å². The monoisotopic (exact) mass is 654 g/mol. The number of pyridine rings is 3. The van der Waals surface area contributed by atoms with E-state index in [0.717, 1.165) is 5.56 Å². The molecule has 0 bridgehead atoms. The topological polar surface area (TPSA) is 133 Å². The summed E-state index contributed by atoms with van der Waals surface area (Å²) in [6, 6.07) is 12.3. The van der Waals surface area contributed by atoms with E-state index in [1.165, 1.54) is 13.3 Å². The van der Waals surface area contributed by atoms with Gasteiger partial charge in [0, 0.05) is 54.3 Å². The van der Waals surface area contributed by atoms with Crippen LogP contribution in [0.4, 0.5) is 15.9 Å². The summed E-state index contributed by atoms with van der Waals surface area (Å²) in [5.41, 5.74) is 3.85. The maximum absolute atomic E-state index is 15.6. The van der Waals surface area contributed by atoms with Crippen LogP contribution < -0.4 is 15.4 Å². The fourth-order valence-corrected chi connectivity index (χ4v) is 5.85. The van der Waals surface area contributed by atoms with Gasteiger partial charge >= 0.3 is 5.97 Å². The summed E-state index contributed by atoms with van der Waals surface area (Å²) in [5.74, 6) is -1.20. The molecule has 4 aromatic rings. The van der Waals surface area contributed by atoms with Crippen molar-refractivity contribution >= 4 is 40.7 Å². The standard InChI is InChI=1S/C32H33Cl2FN6O4/c1-45-31-20(17-36-13-16-42)5-6-24(40-31)22-8-12-37-29(27(22)34)23-3-2-4-25(26(23)33)39-30-28(35)21(7-11-38-30)18-41-14-9-19(10-15-41)32(43)44/h2-8,11-12,19,36,42H,9-10,13-18H2,1H3,(H,38,39)(H,43,44). The molecule has 13 heteroatoms. The van der Waals surface area contributed by atoms with Crippen molar-refractivity contribution in [3.63, 3.8) is 0 Å². The van der Waals surface area contributed by atoms with Crippen molar-refractivity contribution in [3.8, 4) is 28.4 Å². The van der Waals surface area contributed by atoms with Crippen molar-refractivity contribution in [1.82, 2.24) is 25.2 Å². The molecule has 0 radical (unpaired) electrons. The number of likely N-dealkylation sites (tertiary alicyclic amines) is 1. The molecule has 0 spiro atoms. The number of benzene rings is 1. The zero-order valence-electron chi connectivity index (χ0n) is 24.6. The van der Waals surface area contributed by atoms with Crippen LogP contribution in [0.5, 0.6) is 5.88 Å². The molecule has 0 aliphatic carbocycles. The number of carboxylic acids is 1. The number of carbonyl (C=O) groups is 1. The zero-order chi connectivity index (χ0) is 31.9. The highest BCUT2D eigenvalue weighted by atomic mass is 35.5. The molecule has 0 atom stereocenters. The van der Waals surface area contributed by atoms with Crippen LogP contribution in [-0.4, -0.2) is 69.4 Å². The minimum atomic E-state index is -0.784. The lowest BCUT2D eigenvalue weighted by Gasteiger charge is -2.30. The number of aliphatic hydroxyl groups excluding tert-OH is 1. The fraction of sp³-hybridized carbons (Fsp3) is 0.312. The Morgan fingerprint density at radius 3 is 2.56 bits per heavy atom. The van der Waals surface area contributed by atoms with E-state index in [9.17, 15) is 9.90 Å². The second kappa shape index (κ2) is 14.9. The first kappa shape index (κ1) is 32.5. The number of nitrogens with zero attached hydrogens (tertiary/aromatic N) is 4.